The largest absolute Gasteiger partial charge is 0.480 e. The molecule has 0 aliphatic carbocycles. The van der Waals surface area contributed by atoms with Crippen LogP contribution < -0.4 is 16.4 Å². The van der Waals surface area contributed by atoms with Gasteiger partial charge in [-0.15, -0.1) is 0 Å². The summed E-state index contributed by atoms with van der Waals surface area (Å²) in [5, 5.41) is 22.1. The van der Waals surface area contributed by atoms with E-state index in [0.717, 1.165) is 0 Å². The molecule has 0 aliphatic heterocycles. The van der Waals surface area contributed by atoms with Gasteiger partial charge >= 0.3 is 12.0 Å². The molecule has 18 heavy (non-hydrogen) atoms. The number of aliphatic hydroxyl groups excluding tert-OH is 1. The second kappa shape index (κ2) is 6.45. The standard InChI is InChI=1S/C11H15N3O4/c12-7-3-1-2-4-8(7)13-11(18)14-9(5-6-15)10(16)17/h1-4,9,15H,5-6,12H2,(H,16,17)(H2,13,14,18)/t9-/m0/s1. The zero-order valence-corrected chi connectivity index (χ0v) is 9.59. The number of anilines is 2. The number of urea groups is 1. The summed E-state index contributed by atoms with van der Waals surface area (Å²) in [6.07, 6.45) is -0.0625. The van der Waals surface area contributed by atoms with E-state index in [0.29, 0.717) is 11.4 Å². The van der Waals surface area contributed by atoms with Gasteiger partial charge in [-0.1, -0.05) is 12.1 Å². The number of aliphatic hydroxyl groups is 1. The summed E-state index contributed by atoms with van der Waals surface area (Å²) >= 11 is 0. The normalized spacial score (nSPS) is 11.6. The maximum Gasteiger partial charge on any atom is 0.326 e. The number of benzene rings is 1. The summed E-state index contributed by atoms with van der Waals surface area (Å²) in [7, 11) is 0. The van der Waals surface area contributed by atoms with Gasteiger partial charge in [0.05, 0.1) is 11.4 Å². The number of nitrogens with one attached hydrogen (secondary N) is 2. The van der Waals surface area contributed by atoms with Crippen molar-refractivity contribution in [2.75, 3.05) is 17.7 Å². The Kier molecular flexibility index (Phi) is 4.94. The minimum absolute atomic E-state index is 0.0625. The van der Waals surface area contributed by atoms with E-state index >= 15 is 0 Å². The molecule has 1 rings (SSSR count). The van der Waals surface area contributed by atoms with Gasteiger partial charge in [-0.25, -0.2) is 9.59 Å². The topological polar surface area (TPSA) is 125 Å². The highest BCUT2D eigenvalue weighted by Gasteiger charge is 2.19. The number of hydrogen-bond donors (Lipinski definition) is 5. The van der Waals surface area contributed by atoms with Crippen LogP contribution in [0.5, 0.6) is 0 Å². The number of carbonyl (C=O) groups excluding carboxylic acids is 1. The Morgan fingerprint density at radius 2 is 2.00 bits per heavy atom. The number of carboxylic acids is 1. The van der Waals surface area contributed by atoms with Gasteiger partial charge in [-0.05, 0) is 12.1 Å². The molecule has 0 saturated heterocycles. The van der Waals surface area contributed by atoms with Crippen LogP contribution in [0.4, 0.5) is 16.2 Å². The van der Waals surface area contributed by atoms with E-state index in [9.17, 15) is 9.59 Å². The number of hydrogen-bond acceptors (Lipinski definition) is 4. The molecule has 98 valence electrons. The molecule has 0 bridgehead atoms. The van der Waals surface area contributed by atoms with Crippen molar-refractivity contribution in [1.82, 2.24) is 5.32 Å². The van der Waals surface area contributed by atoms with Crippen molar-refractivity contribution in [3.8, 4) is 0 Å². The van der Waals surface area contributed by atoms with E-state index in [1.807, 2.05) is 0 Å². The first kappa shape index (κ1) is 13.8. The lowest BCUT2D eigenvalue weighted by Gasteiger charge is -2.14. The minimum Gasteiger partial charge on any atom is -0.480 e. The second-order valence-electron chi connectivity index (χ2n) is 3.59. The number of nitrogen functional groups attached to an aromatic ring is 1. The fourth-order valence-corrected chi connectivity index (χ4v) is 1.31. The summed E-state index contributed by atoms with van der Waals surface area (Å²) < 4.78 is 0. The number of para-hydroxylation sites is 2. The molecule has 0 heterocycles. The van der Waals surface area contributed by atoms with Crippen LogP contribution in [0, 0.1) is 0 Å². The van der Waals surface area contributed by atoms with Crippen LogP contribution in [-0.4, -0.2) is 34.9 Å². The third-order valence-corrected chi connectivity index (χ3v) is 2.23. The predicted molar refractivity (Wildman–Crippen MR) is 66.1 cm³/mol. The van der Waals surface area contributed by atoms with Gasteiger partial charge in [0, 0.05) is 13.0 Å². The predicted octanol–water partition coefficient (Wildman–Crippen LogP) is 0.226. The first-order chi connectivity index (χ1) is 8.54. The summed E-state index contributed by atoms with van der Waals surface area (Å²) in [6.45, 7) is -0.329. The molecular formula is C11H15N3O4. The summed E-state index contributed by atoms with van der Waals surface area (Å²) in [5.41, 5.74) is 6.39. The Bertz CT molecular complexity index is 436. The van der Waals surface area contributed by atoms with Crippen LogP contribution in [0.2, 0.25) is 0 Å². The highest BCUT2D eigenvalue weighted by atomic mass is 16.4. The van der Waals surface area contributed by atoms with E-state index in [2.05, 4.69) is 10.6 Å². The summed E-state index contributed by atoms with van der Waals surface area (Å²) in [4.78, 5) is 22.3. The quantitative estimate of drug-likeness (QED) is 0.480. The van der Waals surface area contributed by atoms with Crippen molar-refractivity contribution in [1.29, 1.82) is 0 Å². The molecule has 0 radical (unpaired) electrons. The molecule has 7 heteroatoms. The van der Waals surface area contributed by atoms with Crippen LogP contribution in [0.15, 0.2) is 24.3 Å². The highest BCUT2D eigenvalue weighted by Crippen LogP contribution is 2.16. The Labute approximate surface area is 104 Å². The molecule has 6 N–H and O–H groups in total. The van der Waals surface area contributed by atoms with E-state index in [4.69, 9.17) is 15.9 Å². The second-order valence-corrected chi connectivity index (χ2v) is 3.59. The van der Waals surface area contributed by atoms with Crippen molar-refractivity contribution < 1.29 is 19.8 Å². The maximum absolute atomic E-state index is 11.5. The van der Waals surface area contributed by atoms with Gasteiger partial charge in [0.15, 0.2) is 0 Å². The van der Waals surface area contributed by atoms with Crippen molar-refractivity contribution in [3.63, 3.8) is 0 Å². The zero-order valence-electron chi connectivity index (χ0n) is 9.59. The first-order valence-corrected chi connectivity index (χ1v) is 5.30. The van der Waals surface area contributed by atoms with Crippen molar-refractivity contribution >= 4 is 23.4 Å². The fourth-order valence-electron chi connectivity index (χ4n) is 1.31. The van der Waals surface area contributed by atoms with Crippen molar-refractivity contribution in [2.45, 2.75) is 12.5 Å². The third kappa shape index (κ3) is 3.95. The van der Waals surface area contributed by atoms with E-state index in [1.54, 1.807) is 24.3 Å². The molecule has 0 saturated carbocycles. The smallest absolute Gasteiger partial charge is 0.326 e. The van der Waals surface area contributed by atoms with Gasteiger partial charge in [0.2, 0.25) is 0 Å². The average Bonchev–Trinajstić information content (AvgIpc) is 2.31. The molecule has 7 nitrogen and oxygen atoms in total. The summed E-state index contributed by atoms with van der Waals surface area (Å²) in [6, 6.07) is 4.78. The van der Waals surface area contributed by atoms with Gasteiger partial charge < -0.3 is 26.6 Å². The molecule has 0 aliphatic rings. The van der Waals surface area contributed by atoms with Gasteiger partial charge in [0.25, 0.3) is 0 Å². The summed E-state index contributed by atoms with van der Waals surface area (Å²) in [5.74, 6) is -1.21. The molecule has 0 unspecified atom stereocenters. The molecular weight excluding hydrogens is 238 g/mol. The molecule has 0 aromatic heterocycles. The molecule has 2 amide bonds. The highest BCUT2D eigenvalue weighted by molar-refractivity contribution is 5.94. The van der Waals surface area contributed by atoms with E-state index in [-0.39, 0.29) is 13.0 Å². The third-order valence-electron chi connectivity index (χ3n) is 2.23. The Morgan fingerprint density at radius 3 is 2.56 bits per heavy atom. The number of aliphatic carboxylic acids is 1. The van der Waals surface area contributed by atoms with Crippen LogP contribution in [-0.2, 0) is 4.79 Å². The Morgan fingerprint density at radius 1 is 1.33 bits per heavy atom. The average molecular weight is 253 g/mol. The number of amides is 2. The Balaban J connectivity index is 2.61. The minimum atomic E-state index is -1.21. The number of carbonyl (C=O) groups is 2. The zero-order chi connectivity index (χ0) is 13.5. The SMILES string of the molecule is Nc1ccccc1NC(=O)N[C@@H](CCO)C(=O)O. The lowest BCUT2D eigenvalue weighted by atomic mass is 10.2. The number of nitrogens with two attached hydrogens (primary N) is 1. The van der Waals surface area contributed by atoms with Gasteiger partial charge in [-0.2, -0.15) is 0 Å². The number of carboxylic acid groups (broad SMARTS) is 1. The monoisotopic (exact) mass is 253 g/mol. The lowest BCUT2D eigenvalue weighted by molar-refractivity contribution is -0.139. The van der Waals surface area contributed by atoms with Crippen LogP contribution >= 0.6 is 0 Å². The van der Waals surface area contributed by atoms with E-state index < -0.39 is 18.0 Å². The van der Waals surface area contributed by atoms with Crippen LogP contribution in [0.3, 0.4) is 0 Å². The van der Waals surface area contributed by atoms with E-state index in [1.165, 1.54) is 0 Å². The molecule has 1 atom stereocenters. The molecule has 1 aromatic carbocycles. The molecule has 0 fully saturated rings. The van der Waals surface area contributed by atoms with Crippen molar-refractivity contribution in [3.05, 3.63) is 24.3 Å². The number of rotatable bonds is 5. The Hall–Kier alpha value is -2.28. The van der Waals surface area contributed by atoms with Crippen molar-refractivity contribution in [2.24, 2.45) is 0 Å². The van der Waals surface area contributed by atoms with Crippen LogP contribution in [0.1, 0.15) is 6.42 Å². The molecule has 1 aromatic rings. The lowest BCUT2D eigenvalue weighted by Crippen LogP contribution is -2.43. The van der Waals surface area contributed by atoms with Gasteiger partial charge in [0.1, 0.15) is 6.04 Å². The van der Waals surface area contributed by atoms with Gasteiger partial charge in [-0.3, -0.25) is 0 Å². The first-order valence-electron chi connectivity index (χ1n) is 5.30. The van der Waals surface area contributed by atoms with Crippen LogP contribution in [0.25, 0.3) is 0 Å². The fraction of sp³-hybridized carbons (Fsp3) is 0.273. The maximum atomic E-state index is 11.5. The molecule has 0 spiro atoms.